The highest BCUT2D eigenvalue weighted by Crippen LogP contribution is 2.65. The Labute approximate surface area is 136 Å². The molecular weight excluding hydrogens is 284 g/mol. The minimum absolute atomic E-state index is 0.143. The Balaban J connectivity index is 1.87. The van der Waals surface area contributed by atoms with Crippen molar-refractivity contribution in [1.82, 2.24) is 0 Å². The Hall–Kier alpha value is -2.35. The topological polar surface area (TPSA) is 26.3 Å². The van der Waals surface area contributed by atoms with Gasteiger partial charge in [-0.15, -0.1) is 0 Å². The van der Waals surface area contributed by atoms with Crippen LogP contribution < -0.4 is 0 Å². The van der Waals surface area contributed by atoms with Crippen LogP contribution in [0.1, 0.15) is 30.9 Å². The van der Waals surface area contributed by atoms with Crippen molar-refractivity contribution in [3.63, 3.8) is 0 Å². The second kappa shape index (κ2) is 5.38. The molecule has 1 saturated carbocycles. The number of hydrogen-bond acceptors (Lipinski definition) is 2. The van der Waals surface area contributed by atoms with Gasteiger partial charge in [0.25, 0.3) is 0 Å². The van der Waals surface area contributed by atoms with Crippen molar-refractivity contribution in [2.75, 3.05) is 6.61 Å². The van der Waals surface area contributed by atoms with Gasteiger partial charge in [0.2, 0.25) is 0 Å². The van der Waals surface area contributed by atoms with E-state index >= 15 is 0 Å². The molecule has 0 heterocycles. The van der Waals surface area contributed by atoms with Crippen LogP contribution in [0.3, 0.4) is 0 Å². The summed E-state index contributed by atoms with van der Waals surface area (Å²) in [6.07, 6.45) is 2.05. The highest BCUT2D eigenvalue weighted by Gasteiger charge is 2.59. The SMILES string of the molecule is CCOC(=O)C1=C(c2ccccc2)C2CC1(c1ccccc1)C2. The smallest absolute Gasteiger partial charge is 0.335 e. The molecule has 116 valence electrons. The van der Waals surface area contributed by atoms with Crippen molar-refractivity contribution in [2.24, 2.45) is 5.92 Å². The fourth-order valence-corrected chi connectivity index (χ4v) is 4.30. The van der Waals surface area contributed by atoms with Crippen molar-refractivity contribution in [3.05, 3.63) is 77.4 Å². The predicted molar refractivity (Wildman–Crippen MR) is 90.8 cm³/mol. The molecule has 0 unspecified atom stereocenters. The number of carbonyl (C=O) groups excluding carboxylic acids is 1. The third-order valence-corrected chi connectivity index (χ3v) is 5.24. The third-order valence-electron chi connectivity index (χ3n) is 5.24. The van der Waals surface area contributed by atoms with Crippen molar-refractivity contribution >= 4 is 11.5 Å². The quantitative estimate of drug-likeness (QED) is 0.784. The van der Waals surface area contributed by atoms with E-state index in [1.165, 1.54) is 11.1 Å². The number of esters is 1. The van der Waals surface area contributed by atoms with E-state index in [1.807, 2.05) is 31.2 Å². The van der Waals surface area contributed by atoms with Crippen LogP contribution in [-0.4, -0.2) is 12.6 Å². The standard InChI is InChI=1S/C21H20O2/c1-2-23-20(22)19-18(15-9-5-3-6-10-15)16-13-21(19,14-16)17-11-7-4-8-12-17/h3-12,16H,2,13-14H2,1H3. The molecule has 1 fully saturated rings. The summed E-state index contributed by atoms with van der Waals surface area (Å²) in [5, 5.41) is 0. The zero-order valence-electron chi connectivity index (χ0n) is 13.3. The van der Waals surface area contributed by atoms with Gasteiger partial charge in [0.1, 0.15) is 0 Å². The zero-order valence-corrected chi connectivity index (χ0v) is 13.3. The fourth-order valence-electron chi connectivity index (χ4n) is 4.30. The summed E-state index contributed by atoms with van der Waals surface area (Å²) < 4.78 is 5.42. The molecule has 0 saturated heterocycles. The number of hydrogen-bond donors (Lipinski definition) is 0. The Morgan fingerprint density at radius 1 is 1.04 bits per heavy atom. The monoisotopic (exact) mass is 304 g/mol. The maximum atomic E-state index is 12.8. The van der Waals surface area contributed by atoms with Crippen LogP contribution in [0.25, 0.3) is 5.57 Å². The molecule has 0 amide bonds. The van der Waals surface area contributed by atoms with E-state index in [1.54, 1.807) is 0 Å². The zero-order chi connectivity index (χ0) is 15.9. The van der Waals surface area contributed by atoms with Crippen molar-refractivity contribution < 1.29 is 9.53 Å². The predicted octanol–water partition coefficient (Wildman–Crippen LogP) is 4.36. The first-order chi connectivity index (χ1) is 11.3. The summed E-state index contributed by atoms with van der Waals surface area (Å²) >= 11 is 0. The highest BCUT2D eigenvalue weighted by molar-refractivity contribution is 6.04. The van der Waals surface area contributed by atoms with Crippen LogP contribution in [0.2, 0.25) is 0 Å². The summed E-state index contributed by atoms with van der Waals surface area (Å²) in [5.41, 5.74) is 4.35. The van der Waals surface area contributed by atoms with Crippen LogP contribution >= 0.6 is 0 Å². The van der Waals surface area contributed by atoms with Crippen LogP contribution in [0.4, 0.5) is 0 Å². The lowest BCUT2D eigenvalue weighted by Crippen LogP contribution is -2.38. The number of carbonyl (C=O) groups is 1. The van der Waals surface area contributed by atoms with E-state index in [-0.39, 0.29) is 11.4 Å². The molecule has 2 aromatic carbocycles. The molecule has 2 nitrogen and oxygen atoms in total. The van der Waals surface area contributed by atoms with Gasteiger partial charge in [-0.1, -0.05) is 60.7 Å². The summed E-state index contributed by atoms with van der Waals surface area (Å²) in [4.78, 5) is 12.8. The third kappa shape index (κ3) is 2.05. The normalized spacial score (nSPS) is 25.2. The first-order valence-electron chi connectivity index (χ1n) is 8.29. The summed E-state index contributed by atoms with van der Waals surface area (Å²) in [6, 6.07) is 20.7. The van der Waals surface area contributed by atoms with Gasteiger partial charge in [0.15, 0.2) is 0 Å². The molecule has 5 rings (SSSR count). The highest BCUT2D eigenvalue weighted by atomic mass is 16.5. The lowest BCUT2D eigenvalue weighted by Gasteiger charge is -2.41. The summed E-state index contributed by atoms with van der Waals surface area (Å²) in [6.45, 7) is 2.29. The van der Waals surface area contributed by atoms with E-state index in [4.69, 9.17) is 4.74 Å². The van der Waals surface area contributed by atoms with Gasteiger partial charge in [-0.05, 0) is 42.4 Å². The van der Waals surface area contributed by atoms with Crippen molar-refractivity contribution in [1.29, 1.82) is 0 Å². The van der Waals surface area contributed by atoms with Crippen LogP contribution in [-0.2, 0) is 14.9 Å². The summed E-state index contributed by atoms with van der Waals surface area (Å²) in [5.74, 6) is 0.326. The Bertz CT molecular complexity index is 753. The second-order valence-corrected chi connectivity index (χ2v) is 6.43. The van der Waals surface area contributed by atoms with Gasteiger partial charge in [0, 0.05) is 5.41 Å². The first kappa shape index (κ1) is 14.3. The molecule has 0 aromatic heterocycles. The van der Waals surface area contributed by atoms with Gasteiger partial charge in [-0.2, -0.15) is 0 Å². The number of allylic oxidation sites excluding steroid dienone is 1. The lowest BCUT2D eigenvalue weighted by atomic mass is 9.61. The molecule has 0 radical (unpaired) electrons. The molecule has 0 aliphatic heterocycles. The Kier molecular flexibility index (Phi) is 3.33. The van der Waals surface area contributed by atoms with Crippen molar-refractivity contribution in [3.8, 4) is 0 Å². The molecule has 3 aliphatic carbocycles. The minimum Gasteiger partial charge on any atom is -0.463 e. The second-order valence-electron chi connectivity index (χ2n) is 6.43. The van der Waals surface area contributed by atoms with E-state index in [2.05, 4.69) is 36.4 Å². The van der Waals surface area contributed by atoms with Gasteiger partial charge in [0.05, 0.1) is 12.2 Å². The van der Waals surface area contributed by atoms with Crippen LogP contribution in [0, 0.1) is 5.92 Å². The molecule has 2 aromatic rings. The first-order valence-corrected chi connectivity index (χ1v) is 8.29. The maximum absolute atomic E-state index is 12.8. The molecule has 3 aliphatic rings. The lowest BCUT2D eigenvalue weighted by molar-refractivity contribution is -0.139. The fraction of sp³-hybridized carbons (Fsp3) is 0.286. The molecule has 23 heavy (non-hydrogen) atoms. The molecule has 2 bridgehead atoms. The molecule has 0 N–H and O–H groups in total. The van der Waals surface area contributed by atoms with Crippen LogP contribution in [0.15, 0.2) is 66.2 Å². The van der Waals surface area contributed by atoms with E-state index < -0.39 is 0 Å². The van der Waals surface area contributed by atoms with Gasteiger partial charge in [-0.25, -0.2) is 4.79 Å². The number of benzene rings is 2. The molecule has 0 spiro atoms. The maximum Gasteiger partial charge on any atom is 0.335 e. The van der Waals surface area contributed by atoms with Crippen molar-refractivity contribution in [2.45, 2.75) is 25.2 Å². The molecule has 2 heteroatoms. The van der Waals surface area contributed by atoms with Gasteiger partial charge < -0.3 is 4.74 Å². The minimum atomic E-state index is -0.149. The molecule has 0 atom stereocenters. The van der Waals surface area contributed by atoms with E-state index in [0.717, 1.165) is 24.0 Å². The number of ether oxygens (including phenoxy) is 1. The molecular formula is C21H20O2. The van der Waals surface area contributed by atoms with Gasteiger partial charge in [-0.3, -0.25) is 0 Å². The number of rotatable bonds is 4. The Morgan fingerprint density at radius 2 is 1.65 bits per heavy atom. The average Bonchev–Trinajstić information content (AvgIpc) is 3.08. The van der Waals surface area contributed by atoms with E-state index in [9.17, 15) is 4.79 Å². The Morgan fingerprint density at radius 3 is 2.26 bits per heavy atom. The summed E-state index contributed by atoms with van der Waals surface area (Å²) in [7, 11) is 0. The average molecular weight is 304 g/mol. The van der Waals surface area contributed by atoms with Crippen LogP contribution in [0.5, 0.6) is 0 Å². The van der Waals surface area contributed by atoms with E-state index in [0.29, 0.717) is 12.5 Å². The van der Waals surface area contributed by atoms with Gasteiger partial charge >= 0.3 is 5.97 Å². The largest absolute Gasteiger partial charge is 0.463 e.